The summed E-state index contributed by atoms with van der Waals surface area (Å²) in [6.45, 7) is 2.39. The summed E-state index contributed by atoms with van der Waals surface area (Å²) in [4.78, 5) is 25.4. The lowest BCUT2D eigenvalue weighted by atomic mass is 9.98. The number of aromatic nitrogens is 4. The number of imidazole rings is 1. The Morgan fingerprint density at radius 1 is 1.09 bits per heavy atom. The molecule has 0 spiro atoms. The first-order chi connectivity index (χ1) is 17.0. The minimum Gasteiger partial charge on any atom is -0.335 e. The molecule has 35 heavy (non-hydrogen) atoms. The van der Waals surface area contributed by atoms with Crippen LogP contribution in [0, 0.1) is 12.7 Å². The van der Waals surface area contributed by atoms with Crippen LogP contribution in [-0.4, -0.2) is 37.0 Å². The topological polar surface area (TPSA) is 77.1 Å². The van der Waals surface area contributed by atoms with Crippen molar-refractivity contribution in [3.8, 4) is 11.3 Å². The van der Waals surface area contributed by atoms with E-state index in [1.165, 1.54) is 6.07 Å². The maximum atomic E-state index is 14.6. The van der Waals surface area contributed by atoms with Gasteiger partial charge in [-0.15, -0.1) is 0 Å². The van der Waals surface area contributed by atoms with E-state index >= 15 is 0 Å². The molecule has 1 saturated heterocycles. The number of aryl methyl sites for hydroxylation is 2. The summed E-state index contributed by atoms with van der Waals surface area (Å²) < 4.78 is 22.1. The molecule has 2 aromatic carbocycles. The van der Waals surface area contributed by atoms with E-state index in [1.54, 1.807) is 31.2 Å². The van der Waals surface area contributed by atoms with E-state index in [0.29, 0.717) is 34.4 Å². The summed E-state index contributed by atoms with van der Waals surface area (Å²) >= 11 is 0. The van der Waals surface area contributed by atoms with Crippen LogP contribution in [0.1, 0.15) is 47.2 Å². The zero-order valence-electron chi connectivity index (χ0n) is 19.5. The van der Waals surface area contributed by atoms with Crippen molar-refractivity contribution in [1.82, 2.24) is 24.6 Å². The van der Waals surface area contributed by atoms with Crippen molar-refractivity contribution in [2.45, 2.75) is 32.2 Å². The third-order valence-corrected chi connectivity index (χ3v) is 6.88. The van der Waals surface area contributed by atoms with Gasteiger partial charge in [-0.05, 0) is 56.5 Å². The number of rotatable bonds is 3. The molecule has 4 heterocycles. The Hall–Kier alpha value is -4.07. The molecule has 1 fully saturated rings. The molecule has 0 aliphatic carbocycles. The Labute approximate surface area is 201 Å². The fourth-order valence-corrected chi connectivity index (χ4v) is 5.13. The Kier molecular flexibility index (Phi) is 5.09. The third-order valence-electron chi connectivity index (χ3n) is 6.88. The number of fused-ring (bicyclic) bond motifs is 2. The molecule has 7 nitrogen and oxygen atoms in total. The normalized spacial score (nSPS) is 16.3. The molecule has 1 atom stereocenters. The van der Waals surface area contributed by atoms with Gasteiger partial charge < -0.3 is 14.0 Å². The number of halogens is 1. The number of nitrogens with zero attached hydrogens (tertiary/aromatic N) is 5. The number of amides is 1. The number of piperidine rings is 1. The number of benzene rings is 2. The minimum atomic E-state index is -0.412. The van der Waals surface area contributed by atoms with Gasteiger partial charge in [0.15, 0.2) is 0 Å². The predicted octanol–water partition coefficient (Wildman–Crippen LogP) is 5.59. The van der Waals surface area contributed by atoms with E-state index in [0.717, 1.165) is 36.1 Å². The molecule has 1 aliphatic rings. The molecule has 1 amide bonds. The predicted molar refractivity (Wildman–Crippen MR) is 130 cm³/mol. The van der Waals surface area contributed by atoms with Crippen LogP contribution in [0.25, 0.3) is 33.4 Å². The van der Waals surface area contributed by atoms with Crippen LogP contribution in [0.3, 0.4) is 0 Å². The fraction of sp³-hybridized carbons (Fsp3) is 0.259. The lowest BCUT2D eigenvalue weighted by Crippen LogP contribution is -2.39. The number of carbonyl (C=O) groups excluding carboxylic acids is 1. The van der Waals surface area contributed by atoms with Crippen molar-refractivity contribution in [2.75, 3.05) is 6.54 Å². The maximum Gasteiger partial charge on any atom is 0.259 e. The summed E-state index contributed by atoms with van der Waals surface area (Å²) in [5.41, 5.74) is 3.80. The molecular weight excluding hydrogens is 445 g/mol. The first-order valence-electron chi connectivity index (χ1n) is 11.8. The second-order valence-corrected chi connectivity index (χ2v) is 9.01. The second-order valence-electron chi connectivity index (χ2n) is 9.01. The summed E-state index contributed by atoms with van der Waals surface area (Å²) in [6, 6.07) is 15.9. The van der Waals surface area contributed by atoms with E-state index in [-0.39, 0.29) is 17.7 Å². The van der Waals surface area contributed by atoms with E-state index in [2.05, 4.69) is 14.7 Å². The molecule has 0 N–H and O–H groups in total. The van der Waals surface area contributed by atoms with E-state index in [1.807, 2.05) is 36.2 Å². The van der Waals surface area contributed by atoms with Gasteiger partial charge in [0.05, 0.1) is 39.4 Å². The number of hydrogen-bond acceptors (Lipinski definition) is 5. The quantitative estimate of drug-likeness (QED) is 0.344. The highest BCUT2D eigenvalue weighted by Crippen LogP contribution is 2.35. The van der Waals surface area contributed by atoms with Crippen LogP contribution in [0.2, 0.25) is 0 Å². The average Bonchev–Trinajstić information content (AvgIpc) is 3.43. The van der Waals surface area contributed by atoms with Crippen molar-refractivity contribution in [3.63, 3.8) is 0 Å². The Balaban J connectivity index is 1.48. The highest BCUT2D eigenvalue weighted by Gasteiger charge is 2.34. The molecule has 6 rings (SSSR count). The fourth-order valence-electron chi connectivity index (χ4n) is 5.13. The largest absolute Gasteiger partial charge is 0.335 e. The van der Waals surface area contributed by atoms with Crippen molar-refractivity contribution < 1.29 is 13.7 Å². The standard InChI is InChI=1S/C27H24FN5O2/c1-16-24-18(15-21(30-26(24)35-31-16)17-9-3-4-10-19(17)28)27(34)33-14-8-7-13-23(33)25-29-20-11-5-6-12-22(20)32(25)2/h3-6,9-12,15,23H,7-8,13-14H2,1-2H3. The molecule has 176 valence electrons. The second kappa shape index (κ2) is 8.30. The average molecular weight is 470 g/mol. The third kappa shape index (κ3) is 3.48. The SMILES string of the molecule is Cc1noc2nc(-c3ccccc3F)cc(C(=O)N3CCCCC3c3nc4ccccc4n3C)c12. The van der Waals surface area contributed by atoms with Gasteiger partial charge in [-0.3, -0.25) is 4.79 Å². The van der Waals surface area contributed by atoms with Crippen molar-refractivity contribution >= 4 is 28.0 Å². The first-order valence-corrected chi connectivity index (χ1v) is 11.8. The lowest BCUT2D eigenvalue weighted by molar-refractivity contribution is 0.0599. The minimum absolute atomic E-state index is 0.155. The van der Waals surface area contributed by atoms with Gasteiger partial charge in [-0.25, -0.2) is 14.4 Å². The van der Waals surface area contributed by atoms with Crippen LogP contribution in [0.15, 0.2) is 59.1 Å². The number of pyridine rings is 1. The number of likely N-dealkylation sites (tertiary alicyclic amines) is 1. The van der Waals surface area contributed by atoms with Crippen LogP contribution >= 0.6 is 0 Å². The molecule has 1 aliphatic heterocycles. The van der Waals surface area contributed by atoms with Gasteiger partial charge in [0, 0.05) is 19.2 Å². The summed E-state index contributed by atoms with van der Waals surface area (Å²) in [7, 11) is 1.99. The summed E-state index contributed by atoms with van der Waals surface area (Å²) in [6.07, 6.45) is 2.74. The molecular formula is C27H24FN5O2. The van der Waals surface area contributed by atoms with E-state index in [4.69, 9.17) is 9.51 Å². The van der Waals surface area contributed by atoms with Gasteiger partial charge in [0.25, 0.3) is 11.6 Å². The highest BCUT2D eigenvalue weighted by atomic mass is 19.1. The Morgan fingerprint density at radius 2 is 1.89 bits per heavy atom. The van der Waals surface area contributed by atoms with Crippen molar-refractivity contribution in [3.05, 3.63) is 77.5 Å². The van der Waals surface area contributed by atoms with Gasteiger partial charge in [0.2, 0.25) is 0 Å². The molecule has 8 heteroatoms. The van der Waals surface area contributed by atoms with Gasteiger partial charge in [-0.1, -0.05) is 29.4 Å². The number of carbonyl (C=O) groups is 1. The smallest absolute Gasteiger partial charge is 0.259 e. The Morgan fingerprint density at radius 3 is 2.71 bits per heavy atom. The van der Waals surface area contributed by atoms with Crippen molar-refractivity contribution in [1.29, 1.82) is 0 Å². The van der Waals surface area contributed by atoms with Crippen molar-refractivity contribution in [2.24, 2.45) is 7.05 Å². The van der Waals surface area contributed by atoms with Gasteiger partial charge in [-0.2, -0.15) is 0 Å². The zero-order chi connectivity index (χ0) is 24.1. The molecule has 3 aromatic heterocycles. The van der Waals surface area contributed by atoms with Crippen LogP contribution in [0.4, 0.5) is 4.39 Å². The molecule has 0 saturated carbocycles. The van der Waals surface area contributed by atoms with Gasteiger partial charge in [0.1, 0.15) is 11.6 Å². The first kappa shape index (κ1) is 21.5. The molecule has 0 radical (unpaired) electrons. The number of hydrogen-bond donors (Lipinski definition) is 0. The van der Waals surface area contributed by atoms with E-state index in [9.17, 15) is 9.18 Å². The van der Waals surface area contributed by atoms with Crippen LogP contribution < -0.4 is 0 Å². The molecule has 0 bridgehead atoms. The number of para-hydroxylation sites is 2. The van der Waals surface area contributed by atoms with Crippen LogP contribution in [0.5, 0.6) is 0 Å². The summed E-state index contributed by atoms with van der Waals surface area (Å²) in [5, 5.41) is 4.60. The summed E-state index contributed by atoms with van der Waals surface area (Å²) in [5.74, 6) is 0.295. The Bertz CT molecular complexity index is 1590. The zero-order valence-corrected chi connectivity index (χ0v) is 19.5. The van der Waals surface area contributed by atoms with E-state index < -0.39 is 5.82 Å². The maximum absolute atomic E-state index is 14.6. The van der Waals surface area contributed by atoms with Crippen LogP contribution in [-0.2, 0) is 7.05 Å². The highest BCUT2D eigenvalue weighted by molar-refractivity contribution is 6.07. The van der Waals surface area contributed by atoms with Gasteiger partial charge >= 0.3 is 0 Å². The lowest BCUT2D eigenvalue weighted by Gasteiger charge is -2.35. The molecule has 5 aromatic rings. The monoisotopic (exact) mass is 469 g/mol. The molecule has 1 unspecified atom stereocenters.